The maximum atomic E-state index is 12.2. The van der Waals surface area contributed by atoms with Crippen molar-refractivity contribution in [1.82, 2.24) is 20.2 Å². The third-order valence-corrected chi connectivity index (χ3v) is 4.47. The highest BCUT2D eigenvalue weighted by Gasteiger charge is 2.30. The Hall–Kier alpha value is -2.30. The van der Waals surface area contributed by atoms with Gasteiger partial charge >= 0.3 is 6.03 Å². The monoisotopic (exact) mass is 312 g/mol. The number of benzene rings is 1. The minimum atomic E-state index is -0.0816. The van der Waals surface area contributed by atoms with Crippen LogP contribution in [0.3, 0.4) is 0 Å². The lowest BCUT2D eigenvalue weighted by atomic mass is 10.0. The van der Waals surface area contributed by atoms with Gasteiger partial charge in [0.2, 0.25) is 0 Å². The van der Waals surface area contributed by atoms with Crippen molar-refractivity contribution in [3.63, 3.8) is 0 Å². The first-order valence-corrected chi connectivity index (χ1v) is 8.23. The number of fused-ring (bicyclic) bond motifs is 1. The van der Waals surface area contributed by atoms with Crippen LogP contribution < -0.4 is 10.6 Å². The summed E-state index contributed by atoms with van der Waals surface area (Å²) in [4.78, 5) is 16.2. The molecular formula is C18H24N4O. The molecule has 0 bridgehead atoms. The van der Waals surface area contributed by atoms with Gasteiger partial charge in [-0.25, -0.2) is 9.78 Å². The molecule has 0 radical (unpaired) electrons. The van der Waals surface area contributed by atoms with Crippen LogP contribution in [-0.4, -0.2) is 22.1 Å². The molecule has 0 saturated heterocycles. The molecule has 1 aromatic carbocycles. The molecule has 122 valence electrons. The minimum absolute atomic E-state index is 0.0816. The Kier molecular flexibility index (Phi) is 4.65. The van der Waals surface area contributed by atoms with Gasteiger partial charge in [0.05, 0.1) is 12.4 Å². The Balaban J connectivity index is 1.49. The maximum absolute atomic E-state index is 12.2. The van der Waals surface area contributed by atoms with E-state index < -0.39 is 0 Å². The first kappa shape index (κ1) is 15.6. The van der Waals surface area contributed by atoms with E-state index in [4.69, 9.17) is 0 Å². The average Bonchev–Trinajstić information content (AvgIpc) is 3.13. The van der Waals surface area contributed by atoms with Gasteiger partial charge in [-0.2, -0.15) is 0 Å². The van der Waals surface area contributed by atoms with Gasteiger partial charge in [0.1, 0.15) is 0 Å². The lowest BCUT2D eigenvalue weighted by Crippen LogP contribution is -2.39. The summed E-state index contributed by atoms with van der Waals surface area (Å²) < 4.78 is 2.01. The van der Waals surface area contributed by atoms with Crippen LogP contribution >= 0.6 is 0 Å². The Morgan fingerprint density at radius 1 is 1.43 bits per heavy atom. The Bertz CT molecular complexity index is 666. The molecule has 0 aliphatic heterocycles. The molecule has 1 aromatic heterocycles. The van der Waals surface area contributed by atoms with Gasteiger partial charge in [0.25, 0.3) is 0 Å². The van der Waals surface area contributed by atoms with E-state index in [1.54, 1.807) is 12.5 Å². The number of amides is 2. The predicted molar refractivity (Wildman–Crippen MR) is 90.2 cm³/mol. The molecule has 0 unspecified atom stereocenters. The fourth-order valence-electron chi connectivity index (χ4n) is 3.26. The fourth-order valence-corrected chi connectivity index (χ4v) is 3.26. The SMILES string of the molecule is Cc1ccc2c(c1)[C@H](NC(=O)NCCCn1ccnc1)[C@@H](C)C2. The van der Waals surface area contributed by atoms with Gasteiger partial charge in [-0.3, -0.25) is 0 Å². The zero-order valence-corrected chi connectivity index (χ0v) is 13.7. The van der Waals surface area contributed by atoms with E-state index >= 15 is 0 Å². The fraction of sp³-hybridized carbons (Fsp3) is 0.444. The summed E-state index contributed by atoms with van der Waals surface area (Å²) in [5.41, 5.74) is 3.87. The van der Waals surface area contributed by atoms with Crippen LogP contribution in [0.5, 0.6) is 0 Å². The quantitative estimate of drug-likeness (QED) is 0.834. The van der Waals surface area contributed by atoms with Gasteiger partial charge in [-0.1, -0.05) is 30.7 Å². The second-order valence-electron chi connectivity index (χ2n) is 6.42. The van der Waals surface area contributed by atoms with Crippen molar-refractivity contribution in [2.75, 3.05) is 6.54 Å². The molecule has 1 aliphatic carbocycles. The van der Waals surface area contributed by atoms with Crippen molar-refractivity contribution >= 4 is 6.03 Å². The van der Waals surface area contributed by atoms with Gasteiger partial charge in [0.15, 0.2) is 0 Å². The van der Waals surface area contributed by atoms with E-state index in [9.17, 15) is 4.79 Å². The molecule has 23 heavy (non-hydrogen) atoms. The Morgan fingerprint density at radius 2 is 2.30 bits per heavy atom. The zero-order chi connectivity index (χ0) is 16.2. The van der Waals surface area contributed by atoms with Crippen molar-refractivity contribution in [3.05, 3.63) is 53.6 Å². The zero-order valence-electron chi connectivity index (χ0n) is 13.7. The van der Waals surface area contributed by atoms with Crippen molar-refractivity contribution in [1.29, 1.82) is 0 Å². The summed E-state index contributed by atoms with van der Waals surface area (Å²) in [6.07, 6.45) is 7.40. The van der Waals surface area contributed by atoms with Gasteiger partial charge in [0, 0.05) is 25.5 Å². The van der Waals surface area contributed by atoms with Gasteiger partial charge in [-0.15, -0.1) is 0 Å². The van der Waals surface area contributed by atoms with E-state index in [0.29, 0.717) is 12.5 Å². The number of nitrogens with zero attached hydrogens (tertiary/aromatic N) is 2. The number of rotatable bonds is 5. The summed E-state index contributed by atoms with van der Waals surface area (Å²) in [5, 5.41) is 6.09. The van der Waals surface area contributed by atoms with Crippen LogP contribution in [0.25, 0.3) is 0 Å². The number of hydrogen-bond donors (Lipinski definition) is 2. The number of hydrogen-bond acceptors (Lipinski definition) is 2. The second-order valence-corrected chi connectivity index (χ2v) is 6.42. The van der Waals surface area contributed by atoms with Crippen LogP contribution in [0.2, 0.25) is 0 Å². The summed E-state index contributed by atoms with van der Waals surface area (Å²) in [7, 11) is 0. The molecule has 3 rings (SSSR count). The van der Waals surface area contributed by atoms with E-state index in [1.165, 1.54) is 16.7 Å². The molecule has 2 atom stereocenters. The highest BCUT2D eigenvalue weighted by molar-refractivity contribution is 5.74. The molecule has 0 spiro atoms. The van der Waals surface area contributed by atoms with Crippen LogP contribution in [0.4, 0.5) is 4.79 Å². The molecule has 5 heteroatoms. The molecule has 1 aliphatic rings. The summed E-state index contributed by atoms with van der Waals surface area (Å²) in [5.74, 6) is 0.434. The van der Waals surface area contributed by atoms with Gasteiger partial charge in [-0.05, 0) is 36.8 Å². The Morgan fingerprint density at radius 3 is 3.09 bits per heavy atom. The molecule has 2 N–H and O–H groups in total. The summed E-state index contributed by atoms with van der Waals surface area (Å²) in [6, 6.07) is 6.55. The van der Waals surface area contributed by atoms with E-state index in [1.807, 2.05) is 10.8 Å². The normalized spacial score (nSPS) is 19.4. The smallest absolute Gasteiger partial charge is 0.315 e. The van der Waals surface area contributed by atoms with Crippen molar-refractivity contribution in [3.8, 4) is 0 Å². The maximum Gasteiger partial charge on any atom is 0.315 e. The largest absolute Gasteiger partial charge is 0.338 e. The molecule has 1 heterocycles. The number of carbonyl (C=O) groups excluding carboxylic acids is 1. The minimum Gasteiger partial charge on any atom is -0.338 e. The third kappa shape index (κ3) is 3.73. The molecule has 2 aromatic rings. The number of nitrogens with one attached hydrogen (secondary N) is 2. The number of imidazole rings is 1. The highest BCUT2D eigenvalue weighted by Crippen LogP contribution is 2.36. The van der Waals surface area contributed by atoms with Crippen LogP contribution in [0.1, 0.15) is 36.1 Å². The molecule has 2 amide bonds. The lowest BCUT2D eigenvalue weighted by molar-refractivity contribution is 0.233. The molecule has 0 fully saturated rings. The lowest BCUT2D eigenvalue weighted by Gasteiger charge is -2.19. The van der Waals surface area contributed by atoms with Crippen molar-refractivity contribution in [2.24, 2.45) is 5.92 Å². The first-order chi connectivity index (χ1) is 11.1. The van der Waals surface area contributed by atoms with Gasteiger partial charge < -0.3 is 15.2 Å². The summed E-state index contributed by atoms with van der Waals surface area (Å²) in [6.45, 7) is 5.81. The number of carbonyl (C=O) groups is 1. The molecule has 0 saturated carbocycles. The van der Waals surface area contributed by atoms with Crippen molar-refractivity contribution in [2.45, 2.75) is 39.3 Å². The molecular weight excluding hydrogens is 288 g/mol. The van der Waals surface area contributed by atoms with Crippen LogP contribution in [0.15, 0.2) is 36.9 Å². The number of aryl methyl sites for hydroxylation is 2. The van der Waals surface area contributed by atoms with E-state index in [-0.39, 0.29) is 12.1 Å². The van der Waals surface area contributed by atoms with E-state index in [2.05, 4.69) is 47.7 Å². The number of urea groups is 1. The standard InChI is InChI=1S/C18H24N4O/c1-13-4-5-15-11-14(2)17(16(15)10-13)21-18(23)20-6-3-8-22-9-7-19-12-22/h4-5,7,9-10,12,14,17H,3,6,8,11H2,1-2H3,(H2,20,21,23)/t14-,17+/m0/s1. The van der Waals surface area contributed by atoms with Crippen LogP contribution in [-0.2, 0) is 13.0 Å². The average molecular weight is 312 g/mol. The topological polar surface area (TPSA) is 59.0 Å². The predicted octanol–water partition coefficient (Wildman–Crippen LogP) is 2.81. The highest BCUT2D eigenvalue weighted by atomic mass is 16.2. The Labute approximate surface area is 137 Å². The summed E-state index contributed by atoms with van der Waals surface area (Å²) >= 11 is 0. The van der Waals surface area contributed by atoms with Crippen LogP contribution in [0, 0.1) is 12.8 Å². The van der Waals surface area contributed by atoms with E-state index in [0.717, 1.165) is 19.4 Å². The van der Waals surface area contributed by atoms with Crippen molar-refractivity contribution < 1.29 is 4.79 Å². The second kappa shape index (κ2) is 6.86. The molecule has 5 nitrogen and oxygen atoms in total. The first-order valence-electron chi connectivity index (χ1n) is 8.23. The number of aromatic nitrogens is 2. The third-order valence-electron chi connectivity index (χ3n) is 4.47.